The maximum Gasteiger partial charge on any atom is 0.120 e. The predicted octanol–water partition coefficient (Wildman–Crippen LogP) is 3.42. The first-order valence-electron chi connectivity index (χ1n) is 5.66. The molecule has 0 aliphatic heterocycles. The highest BCUT2D eigenvalue weighted by molar-refractivity contribution is 14.1. The third-order valence-corrected chi connectivity index (χ3v) is 3.80. The summed E-state index contributed by atoms with van der Waals surface area (Å²) in [5.41, 5.74) is 4.08. The highest BCUT2D eigenvalue weighted by Gasteiger charge is 2.07. The van der Waals surface area contributed by atoms with Gasteiger partial charge in [-0.05, 0) is 65.4 Å². The molecule has 0 unspecified atom stereocenters. The zero-order valence-corrected chi connectivity index (χ0v) is 12.5. The van der Waals surface area contributed by atoms with Crippen molar-refractivity contribution in [3.8, 4) is 6.07 Å². The molecule has 2 rings (SSSR count). The zero-order chi connectivity index (χ0) is 13.1. The molecule has 1 N–H and O–H groups in total. The molecule has 3 nitrogen and oxygen atoms in total. The smallest absolute Gasteiger partial charge is 0.120 e. The number of hydrogen-bond donors (Lipinski definition) is 1. The van der Waals surface area contributed by atoms with Crippen LogP contribution in [0.4, 0.5) is 5.69 Å². The molecule has 0 saturated heterocycles. The van der Waals surface area contributed by atoms with E-state index >= 15 is 0 Å². The van der Waals surface area contributed by atoms with Crippen LogP contribution in [0.25, 0.3) is 0 Å². The summed E-state index contributed by atoms with van der Waals surface area (Å²) in [4.78, 5) is 0. The lowest BCUT2D eigenvalue weighted by Gasteiger charge is -2.06. The Hall–Kier alpha value is -1.48. The molecule has 2 aromatic rings. The van der Waals surface area contributed by atoms with Gasteiger partial charge in [-0.15, -0.1) is 0 Å². The van der Waals surface area contributed by atoms with Crippen LogP contribution in [0.15, 0.2) is 30.3 Å². The van der Waals surface area contributed by atoms with Crippen LogP contribution in [0, 0.1) is 21.8 Å². The second kappa shape index (κ2) is 5.44. The van der Waals surface area contributed by atoms with E-state index in [1.54, 1.807) is 0 Å². The number of nitrogens with zero attached hydrogens (tertiary/aromatic N) is 2. The fourth-order valence-electron chi connectivity index (χ4n) is 1.81. The Morgan fingerprint density at radius 2 is 2.00 bits per heavy atom. The fraction of sp³-hybridized carbons (Fsp3) is 0.214. The van der Waals surface area contributed by atoms with Crippen molar-refractivity contribution in [1.82, 2.24) is 4.57 Å². The summed E-state index contributed by atoms with van der Waals surface area (Å²) in [5.74, 6) is 0. The van der Waals surface area contributed by atoms with Gasteiger partial charge in [-0.25, -0.2) is 0 Å². The zero-order valence-electron chi connectivity index (χ0n) is 10.4. The van der Waals surface area contributed by atoms with Crippen molar-refractivity contribution < 1.29 is 0 Å². The van der Waals surface area contributed by atoms with Crippen LogP contribution < -0.4 is 5.32 Å². The Kier molecular flexibility index (Phi) is 3.92. The second-order valence-corrected chi connectivity index (χ2v) is 5.42. The monoisotopic (exact) mass is 351 g/mol. The van der Waals surface area contributed by atoms with Gasteiger partial charge in [-0.3, -0.25) is 0 Å². The highest BCUT2D eigenvalue weighted by atomic mass is 127. The lowest BCUT2D eigenvalue weighted by Crippen LogP contribution is -2.01. The molecule has 0 aliphatic rings. The summed E-state index contributed by atoms with van der Waals surface area (Å²) >= 11 is 2.29. The first kappa shape index (κ1) is 13.0. The average Bonchev–Trinajstić information content (AvgIpc) is 2.65. The molecule has 0 bridgehead atoms. The van der Waals surface area contributed by atoms with E-state index in [2.05, 4.69) is 58.2 Å². The van der Waals surface area contributed by atoms with Crippen molar-refractivity contribution in [1.29, 1.82) is 5.26 Å². The Labute approximate surface area is 121 Å². The number of anilines is 1. The van der Waals surface area contributed by atoms with Crippen LogP contribution in [0.5, 0.6) is 0 Å². The molecule has 0 spiro atoms. The molecular formula is C14H14IN3. The minimum absolute atomic E-state index is 0.701. The van der Waals surface area contributed by atoms with Gasteiger partial charge in [-0.1, -0.05) is 0 Å². The van der Waals surface area contributed by atoms with E-state index in [9.17, 15) is 0 Å². The van der Waals surface area contributed by atoms with E-state index in [1.807, 2.05) is 24.6 Å². The third kappa shape index (κ3) is 2.67. The van der Waals surface area contributed by atoms with Crippen molar-refractivity contribution >= 4 is 28.3 Å². The Morgan fingerprint density at radius 1 is 1.33 bits per heavy atom. The first-order valence-corrected chi connectivity index (χ1v) is 6.74. The van der Waals surface area contributed by atoms with Gasteiger partial charge in [0, 0.05) is 28.5 Å². The van der Waals surface area contributed by atoms with Gasteiger partial charge in [-0.2, -0.15) is 5.26 Å². The van der Waals surface area contributed by atoms with Crippen LogP contribution in [-0.4, -0.2) is 4.57 Å². The summed E-state index contributed by atoms with van der Waals surface area (Å²) < 4.78 is 3.14. The van der Waals surface area contributed by atoms with Gasteiger partial charge < -0.3 is 9.88 Å². The van der Waals surface area contributed by atoms with Gasteiger partial charge in [0.25, 0.3) is 0 Å². The van der Waals surface area contributed by atoms with E-state index in [4.69, 9.17) is 5.26 Å². The van der Waals surface area contributed by atoms with Crippen molar-refractivity contribution in [2.75, 3.05) is 5.32 Å². The van der Waals surface area contributed by atoms with E-state index in [0.717, 1.165) is 23.5 Å². The SMILES string of the molecule is Cc1c(CNc2ccc(I)cc2)cc(C#N)n1C. The molecule has 0 atom stereocenters. The van der Waals surface area contributed by atoms with Crippen molar-refractivity contribution in [3.63, 3.8) is 0 Å². The standard InChI is InChI=1S/C14H14IN3/c1-10-11(7-14(8-16)18(10)2)9-17-13-5-3-12(15)4-6-13/h3-7,17H,9H2,1-2H3. The van der Waals surface area contributed by atoms with E-state index in [1.165, 1.54) is 3.57 Å². The number of nitriles is 1. The lowest BCUT2D eigenvalue weighted by molar-refractivity contribution is 0.856. The van der Waals surface area contributed by atoms with E-state index < -0.39 is 0 Å². The number of halogens is 1. The van der Waals surface area contributed by atoms with Crippen LogP contribution >= 0.6 is 22.6 Å². The van der Waals surface area contributed by atoms with Crippen LogP contribution in [0.2, 0.25) is 0 Å². The summed E-state index contributed by atoms with van der Waals surface area (Å²) in [7, 11) is 1.92. The maximum atomic E-state index is 8.98. The topological polar surface area (TPSA) is 40.8 Å². The molecule has 1 aromatic heterocycles. The van der Waals surface area contributed by atoms with Gasteiger partial charge in [0.2, 0.25) is 0 Å². The van der Waals surface area contributed by atoms with Crippen molar-refractivity contribution in [2.24, 2.45) is 7.05 Å². The van der Waals surface area contributed by atoms with Gasteiger partial charge in [0.15, 0.2) is 0 Å². The van der Waals surface area contributed by atoms with Crippen LogP contribution in [0.1, 0.15) is 17.0 Å². The Bertz CT molecular complexity index is 591. The molecule has 0 aliphatic carbocycles. The van der Waals surface area contributed by atoms with Gasteiger partial charge in [0.1, 0.15) is 11.8 Å². The summed E-state index contributed by atoms with van der Waals surface area (Å²) in [6.45, 7) is 2.77. The van der Waals surface area contributed by atoms with Crippen molar-refractivity contribution in [2.45, 2.75) is 13.5 Å². The Morgan fingerprint density at radius 3 is 2.56 bits per heavy atom. The molecule has 0 radical (unpaired) electrons. The molecule has 1 aromatic carbocycles. The second-order valence-electron chi connectivity index (χ2n) is 4.17. The molecule has 4 heteroatoms. The number of hydrogen-bond acceptors (Lipinski definition) is 2. The molecule has 0 fully saturated rings. The molecule has 18 heavy (non-hydrogen) atoms. The highest BCUT2D eigenvalue weighted by Crippen LogP contribution is 2.16. The Balaban J connectivity index is 2.11. The minimum atomic E-state index is 0.701. The van der Waals surface area contributed by atoms with E-state index in [0.29, 0.717) is 5.69 Å². The maximum absolute atomic E-state index is 8.98. The summed E-state index contributed by atoms with van der Waals surface area (Å²) in [6.07, 6.45) is 0. The molecular weight excluding hydrogens is 337 g/mol. The summed E-state index contributed by atoms with van der Waals surface area (Å²) in [5, 5.41) is 12.3. The third-order valence-electron chi connectivity index (χ3n) is 3.08. The molecule has 0 amide bonds. The van der Waals surface area contributed by atoms with Crippen LogP contribution in [0.3, 0.4) is 0 Å². The average molecular weight is 351 g/mol. The fourth-order valence-corrected chi connectivity index (χ4v) is 2.17. The predicted molar refractivity (Wildman–Crippen MR) is 81.4 cm³/mol. The summed E-state index contributed by atoms with van der Waals surface area (Å²) in [6, 6.07) is 12.4. The quantitative estimate of drug-likeness (QED) is 0.861. The number of benzene rings is 1. The molecule has 0 saturated carbocycles. The van der Waals surface area contributed by atoms with Gasteiger partial charge in [0.05, 0.1) is 0 Å². The van der Waals surface area contributed by atoms with Crippen LogP contribution in [-0.2, 0) is 13.6 Å². The van der Waals surface area contributed by atoms with Crippen molar-refractivity contribution in [3.05, 3.63) is 50.9 Å². The largest absolute Gasteiger partial charge is 0.381 e. The molecule has 1 heterocycles. The lowest BCUT2D eigenvalue weighted by atomic mass is 10.2. The van der Waals surface area contributed by atoms with Gasteiger partial charge >= 0.3 is 0 Å². The normalized spacial score (nSPS) is 10.1. The number of rotatable bonds is 3. The molecule has 92 valence electrons. The minimum Gasteiger partial charge on any atom is -0.381 e. The number of aromatic nitrogens is 1. The first-order chi connectivity index (χ1) is 8.61. The number of nitrogens with one attached hydrogen (secondary N) is 1. The van der Waals surface area contributed by atoms with E-state index in [-0.39, 0.29) is 0 Å².